The molecular weight excluding hydrogens is 304 g/mol. The maximum atomic E-state index is 9.55. The zero-order valence-corrected chi connectivity index (χ0v) is 14.8. The van der Waals surface area contributed by atoms with E-state index < -0.39 is 0 Å². The van der Waals surface area contributed by atoms with E-state index in [-0.39, 0.29) is 6.10 Å². The summed E-state index contributed by atoms with van der Waals surface area (Å²) in [6, 6.07) is 13.4. The Bertz CT molecular complexity index is 611. The van der Waals surface area contributed by atoms with Gasteiger partial charge in [0.05, 0.1) is 6.10 Å². The van der Waals surface area contributed by atoms with Crippen LogP contribution in [-0.2, 0) is 6.54 Å². The topological polar surface area (TPSA) is 26.7 Å². The summed E-state index contributed by atoms with van der Waals surface area (Å²) in [5, 5.41) is 11.8. The van der Waals surface area contributed by atoms with Gasteiger partial charge in [0.2, 0.25) is 0 Å². The number of rotatable bonds is 5. The first kappa shape index (κ1) is 16.7. The first-order chi connectivity index (χ1) is 11.1. The summed E-state index contributed by atoms with van der Waals surface area (Å²) in [6.07, 6.45) is -0.237. The van der Waals surface area contributed by atoms with E-state index in [9.17, 15) is 5.11 Å². The number of aliphatic hydroxyl groups excluding tert-OH is 1. The van der Waals surface area contributed by atoms with Gasteiger partial charge in [-0.25, -0.2) is 0 Å². The molecule has 0 bridgehead atoms. The van der Waals surface area contributed by atoms with Gasteiger partial charge >= 0.3 is 0 Å². The Morgan fingerprint density at radius 3 is 2.70 bits per heavy atom. The molecular formula is C19H26N2OS. The van der Waals surface area contributed by atoms with Crippen molar-refractivity contribution < 1.29 is 5.11 Å². The van der Waals surface area contributed by atoms with E-state index in [1.807, 2.05) is 18.3 Å². The first-order valence-corrected chi connectivity index (χ1v) is 9.27. The number of aliphatic hydroxyl groups is 1. The average molecular weight is 330 g/mol. The molecule has 2 atom stereocenters. The fourth-order valence-corrected chi connectivity index (χ4v) is 4.21. The quantitative estimate of drug-likeness (QED) is 0.911. The smallest absolute Gasteiger partial charge is 0.0639 e. The molecule has 3 nitrogen and oxygen atoms in total. The molecule has 1 saturated heterocycles. The summed E-state index contributed by atoms with van der Waals surface area (Å²) in [4.78, 5) is 6.36. The van der Waals surface area contributed by atoms with Gasteiger partial charge in [-0.05, 0) is 36.4 Å². The molecule has 1 fully saturated rings. The summed E-state index contributed by atoms with van der Waals surface area (Å²) in [5.74, 6) is 0. The molecule has 2 aromatic rings. The molecule has 23 heavy (non-hydrogen) atoms. The van der Waals surface area contributed by atoms with E-state index >= 15 is 0 Å². The lowest BCUT2D eigenvalue weighted by Gasteiger charge is -2.40. The number of thiophene rings is 1. The molecule has 2 heterocycles. The molecule has 1 aromatic carbocycles. The molecule has 0 amide bonds. The molecule has 0 spiro atoms. The van der Waals surface area contributed by atoms with Crippen LogP contribution in [0, 0.1) is 0 Å². The number of piperazine rings is 1. The lowest BCUT2D eigenvalue weighted by molar-refractivity contribution is 0.0477. The maximum absolute atomic E-state index is 9.55. The van der Waals surface area contributed by atoms with Gasteiger partial charge in [-0.3, -0.25) is 9.80 Å². The van der Waals surface area contributed by atoms with Gasteiger partial charge < -0.3 is 5.11 Å². The van der Waals surface area contributed by atoms with Crippen molar-refractivity contribution in [2.75, 3.05) is 26.2 Å². The van der Waals surface area contributed by atoms with E-state index in [1.54, 1.807) is 0 Å². The monoisotopic (exact) mass is 330 g/mol. The van der Waals surface area contributed by atoms with Gasteiger partial charge in [-0.1, -0.05) is 30.3 Å². The number of nitrogens with zero attached hydrogens (tertiary/aromatic N) is 2. The SMILES string of the molecule is C[C@@H]1CN(C[C@@H](C)O)CCN1Cc1cc(-c2ccccc2)cs1. The lowest BCUT2D eigenvalue weighted by Crippen LogP contribution is -2.52. The molecule has 124 valence electrons. The van der Waals surface area contributed by atoms with Crippen molar-refractivity contribution in [1.82, 2.24) is 9.80 Å². The minimum atomic E-state index is -0.237. The zero-order chi connectivity index (χ0) is 16.2. The maximum Gasteiger partial charge on any atom is 0.0639 e. The Morgan fingerprint density at radius 2 is 2.00 bits per heavy atom. The van der Waals surface area contributed by atoms with Crippen LogP contribution in [0.4, 0.5) is 0 Å². The summed E-state index contributed by atoms with van der Waals surface area (Å²) in [6.45, 7) is 9.14. The Hall–Kier alpha value is -1.20. The van der Waals surface area contributed by atoms with Gasteiger partial charge in [0.15, 0.2) is 0 Å². The second kappa shape index (κ2) is 7.58. The van der Waals surface area contributed by atoms with Crippen LogP contribution in [0.15, 0.2) is 41.8 Å². The summed E-state index contributed by atoms with van der Waals surface area (Å²) >= 11 is 1.86. The molecule has 0 saturated carbocycles. The molecule has 4 heteroatoms. The molecule has 1 aliphatic rings. The Kier molecular flexibility index (Phi) is 5.49. The van der Waals surface area contributed by atoms with Crippen molar-refractivity contribution in [3.05, 3.63) is 46.7 Å². The van der Waals surface area contributed by atoms with Crippen LogP contribution in [0.25, 0.3) is 11.1 Å². The zero-order valence-electron chi connectivity index (χ0n) is 14.0. The highest BCUT2D eigenvalue weighted by molar-refractivity contribution is 7.10. The van der Waals surface area contributed by atoms with Gasteiger partial charge in [0, 0.05) is 43.6 Å². The highest BCUT2D eigenvalue weighted by atomic mass is 32.1. The average Bonchev–Trinajstić information content (AvgIpc) is 2.99. The second-order valence-corrected chi connectivity index (χ2v) is 7.59. The van der Waals surface area contributed by atoms with Crippen LogP contribution in [-0.4, -0.2) is 53.2 Å². The van der Waals surface area contributed by atoms with Gasteiger partial charge in [-0.15, -0.1) is 11.3 Å². The molecule has 1 aromatic heterocycles. The Morgan fingerprint density at radius 1 is 1.22 bits per heavy atom. The van der Waals surface area contributed by atoms with Crippen molar-refractivity contribution in [3.8, 4) is 11.1 Å². The van der Waals surface area contributed by atoms with Gasteiger partial charge in [0.1, 0.15) is 0 Å². The minimum absolute atomic E-state index is 0.237. The van der Waals surface area contributed by atoms with E-state index in [0.717, 1.165) is 32.7 Å². The van der Waals surface area contributed by atoms with Crippen LogP contribution >= 0.6 is 11.3 Å². The largest absolute Gasteiger partial charge is 0.392 e. The van der Waals surface area contributed by atoms with Crippen molar-refractivity contribution in [3.63, 3.8) is 0 Å². The molecule has 1 N–H and O–H groups in total. The number of hydrogen-bond acceptors (Lipinski definition) is 4. The van der Waals surface area contributed by atoms with Gasteiger partial charge in [-0.2, -0.15) is 0 Å². The molecule has 1 aliphatic heterocycles. The van der Waals surface area contributed by atoms with Crippen molar-refractivity contribution >= 4 is 11.3 Å². The fraction of sp³-hybridized carbons (Fsp3) is 0.474. The predicted octanol–water partition coefficient (Wildman–Crippen LogP) is 3.30. The highest BCUT2D eigenvalue weighted by Crippen LogP contribution is 2.27. The van der Waals surface area contributed by atoms with E-state index in [1.165, 1.54) is 16.0 Å². The first-order valence-electron chi connectivity index (χ1n) is 8.39. The lowest BCUT2D eigenvalue weighted by atomic mass is 10.1. The number of β-amino-alcohol motifs (C(OH)–C–C–N with tert-alkyl or cyclic N) is 1. The summed E-state index contributed by atoms with van der Waals surface area (Å²) in [5.41, 5.74) is 2.62. The third-order valence-corrected chi connectivity index (χ3v) is 5.41. The third-order valence-electron chi connectivity index (χ3n) is 4.49. The fourth-order valence-electron chi connectivity index (χ4n) is 3.29. The molecule has 0 aliphatic carbocycles. The second-order valence-electron chi connectivity index (χ2n) is 6.60. The number of benzene rings is 1. The Labute approximate surface area is 143 Å². The Balaban J connectivity index is 1.59. The van der Waals surface area contributed by atoms with Crippen LogP contribution < -0.4 is 0 Å². The molecule has 0 radical (unpaired) electrons. The van der Waals surface area contributed by atoms with Crippen LogP contribution in [0.3, 0.4) is 0 Å². The van der Waals surface area contributed by atoms with Crippen molar-refractivity contribution in [2.24, 2.45) is 0 Å². The van der Waals surface area contributed by atoms with Gasteiger partial charge in [0.25, 0.3) is 0 Å². The van der Waals surface area contributed by atoms with E-state index in [4.69, 9.17) is 0 Å². The van der Waals surface area contributed by atoms with Crippen LogP contribution in [0.1, 0.15) is 18.7 Å². The summed E-state index contributed by atoms with van der Waals surface area (Å²) < 4.78 is 0. The predicted molar refractivity (Wildman–Crippen MR) is 97.7 cm³/mol. The van der Waals surface area contributed by atoms with Crippen molar-refractivity contribution in [1.29, 1.82) is 0 Å². The third kappa shape index (κ3) is 4.42. The summed E-state index contributed by atoms with van der Waals surface area (Å²) in [7, 11) is 0. The molecule has 3 rings (SSSR count). The number of hydrogen-bond donors (Lipinski definition) is 1. The highest BCUT2D eigenvalue weighted by Gasteiger charge is 2.24. The standard InChI is InChI=1S/C19H26N2OS/c1-15-11-20(12-16(2)22)8-9-21(15)13-19-10-18(14-23-19)17-6-4-3-5-7-17/h3-7,10,14-16,22H,8-9,11-13H2,1-2H3/t15-,16-/m1/s1. The minimum Gasteiger partial charge on any atom is -0.392 e. The normalized spacial score (nSPS) is 21.4. The van der Waals surface area contributed by atoms with Crippen LogP contribution in [0.5, 0.6) is 0 Å². The van der Waals surface area contributed by atoms with Crippen molar-refractivity contribution in [2.45, 2.75) is 32.5 Å². The molecule has 0 unspecified atom stereocenters. The van der Waals surface area contributed by atoms with E-state index in [0.29, 0.717) is 6.04 Å². The van der Waals surface area contributed by atoms with Crippen LogP contribution in [0.2, 0.25) is 0 Å². The van der Waals surface area contributed by atoms with E-state index in [2.05, 4.69) is 58.5 Å².